The molecule has 0 fully saturated rings. The molecule has 0 unspecified atom stereocenters. The zero-order chi connectivity index (χ0) is 9.26. The molecular weight excluding hydrogens is 252 g/mol. The van der Waals surface area contributed by atoms with Gasteiger partial charge in [0.2, 0.25) is 0 Å². The van der Waals surface area contributed by atoms with Gasteiger partial charge in [-0.1, -0.05) is 35.8 Å². The summed E-state index contributed by atoms with van der Waals surface area (Å²) in [6.45, 7) is 0. The second-order valence-corrected chi connectivity index (χ2v) is 2.62. The Balaban J connectivity index is 0.000000980. The largest absolute Gasteiger partial charge is 1.00 e. The van der Waals surface area contributed by atoms with Crippen molar-refractivity contribution in [2.75, 3.05) is 0 Å². The van der Waals surface area contributed by atoms with E-state index in [2.05, 4.69) is 11.2 Å². The molecule has 0 saturated carbocycles. The number of carboxylic acid groups (broad SMARTS) is 1. The van der Waals surface area contributed by atoms with E-state index < -0.39 is 5.97 Å². The summed E-state index contributed by atoms with van der Waals surface area (Å²) >= 11 is 0. The maximum Gasteiger partial charge on any atom is 1.00 e. The second kappa shape index (κ2) is 5.12. The van der Waals surface area contributed by atoms with E-state index >= 15 is 0 Å². The molecule has 2 rings (SSSR count). The molecule has 64 valence electrons. The van der Waals surface area contributed by atoms with Gasteiger partial charge in [-0.05, 0) is 11.1 Å². The van der Waals surface area contributed by atoms with Gasteiger partial charge < -0.3 is 10.1 Å². The first kappa shape index (κ1) is 12.0. The monoisotopic (exact) mass is 257 g/mol. The number of fused-ring (bicyclic) bond motifs is 1. The number of pyridine rings is 1. The Hall–Kier alpha value is -0.0948. The number of para-hydroxylation sites is 1. The summed E-state index contributed by atoms with van der Waals surface area (Å²) in [6, 6.07) is 8.48. The fourth-order valence-electron chi connectivity index (χ4n) is 1.22. The van der Waals surface area contributed by atoms with Crippen molar-refractivity contribution in [1.29, 1.82) is 0 Å². The predicted molar refractivity (Wildman–Crippen MR) is 47.5 cm³/mol. The normalized spacial score (nSPS) is 9.43. The summed E-state index contributed by atoms with van der Waals surface area (Å²) in [5.74, 6) is -0.949. The minimum Gasteiger partial charge on any atom is -0.487 e. The van der Waals surface area contributed by atoms with Crippen LogP contribution >= 0.6 is 0 Å². The number of aromatic nitrogens is 1. The average molecular weight is 258 g/mol. The Kier molecular flexibility index (Phi) is 4.38. The van der Waals surface area contributed by atoms with Crippen molar-refractivity contribution in [1.82, 2.24) is 4.98 Å². The molecule has 1 aromatic carbocycles. The first-order valence-electron chi connectivity index (χ1n) is 3.78. The Morgan fingerprint density at radius 2 is 2.07 bits per heavy atom. The Bertz CT molecular complexity index is 465. The van der Waals surface area contributed by atoms with Gasteiger partial charge in [0, 0.05) is 0 Å². The SMILES string of the molecule is O=C(O)c1c[c-]nc2ccccc12.[Rb+]. The van der Waals surface area contributed by atoms with E-state index in [1.165, 1.54) is 6.07 Å². The van der Waals surface area contributed by atoms with Gasteiger partial charge in [-0.3, -0.25) is 4.79 Å². The van der Waals surface area contributed by atoms with Crippen molar-refractivity contribution in [2.45, 2.75) is 0 Å². The van der Waals surface area contributed by atoms with E-state index in [1.54, 1.807) is 18.2 Å². The second-order valence-electron chi connectivity index (χ2n) is 2.62. The minimum absolute atomic E-state index is 0. The van der Waals surface area contributed by atoms with Crippen LogP contribution in [-0.4, -0.2) is 16.1 Å². The van der Waals surface area contributed by atoms with Crippen LogP contribution in [0.2, 0.25) is 0 Å². The Morgan fingerprint density at radius 3 is 2.79 bits per heavy atom. The molecule has 14 heavy (non-hydrogen) atoms. The molecule has 0 bridgehead atoms. The zero-order valence-corrected chi connectivity index (χ0v) is 12.6. The van der Waals surface area contributed by atoms with Crippen LogP contribution in [0.15, 0.2) is 30.3 Å². The van der Waals surface area contributed by atoms with Crippen molar-refractivity contribution in [3.8, 4) is 0 Å². The Morgan fingerprint density at radius 1 is 1.36 bits per heavy atom. The molecule has 1 aromatic heterocycles. The molecule has 0 aliphatic heterocycles. The van der Waals surface area contributed by atoms with Crippen molar-refractivity contribution in [3.63, 3.8) is 0 Å². The zero-order valence-electron chi connectivity index (χ0n) is 7.69. The van der Waals surface area contributed by atoms with Crippen LogP contribution in [-0.2, 0) is 0 Å². The molecule has 1 N–H and O–H groups in total. The summed E-state index contributed by atoms with van der Waals surface area (Å²) in [6.07, 6.45) is 2.55. The number of hydrogen-bond donors (Lipinski definition) is 1. The summed E-state index contributed by atoms with van der Waals surface area (Å²) in [5, 5.41) is 9.48. The summed E-state index contributed by atoms with van der Waals surface area (Å²) in [4.78, 5) is 14.7. The molecule has 1 heterocycles. The number of carboxylic acids is 1. The van der Waals surface area contributed by atoms with Gasteiger partial charge in [-0.25, -0.2) is 0 Å². The molecule has 0 aliphatic carbocycles. The third-order valence-electron chi connectivity index (χ3n) is 1.82. The van der Waals surface area contributed by atoms with Gasteiger partial charge in [0.1, 0.15) is 0 Å². The van der Waals surface area contributed by atoms with Crippen LogP contribution in [0, 0.1) is 6.20 Å². The summed E-state index contributed by atoms with van der Waals surface area (Å²) < 4.78 is 0. The van der Waals surface area contributed by atoms with Crippen LogP contribution in [0.5, 0.6) is 0 Å². The minimum atomic E-state index is -0.949. The van der Waals surface area contributed by atoms with E-state index in [9.17, 15) is 4.79 Å². The summed E-state index contributed by atoms with van der Waals surface area (Å²) in [5.41, 5.74) is 0.896. The number of benzene rings is 1. The summed E-state index contributed by atoms with van der Waals surface area (Å²) in [7, 11) is 0. The number of rotatable bonds is 1. The molecule has 0 atom stereocenters. The number of carbonyl (C=O) groups is 1. The maximum absolute atomic E-state index is 10.8. The predicted octanol–water partition coefficient (Wildman–Crippen LogP) is -1.26. The van der Waals surface area contributed by atoms with Gasteiger partial charge in [0.05, 0.1) is 0 Å². The van der Waals surface area contributed by atoms with E-state index in [4.69, 9.17) is 5.11 Å². The topological polar surface area (TPSA) is 50.2 Å². The van der Waals surface area contributed by atoms with Crippen molar-refractivity contribution in [2.24, 2.45) is 0 Å². The molecule has 0 spiro atoms. The number of nitrogens with zero attached hydrogens (tertiary/aromatic N) is 1. The number of aromatic carboxylic acids is 1. The van der Waals surface area contributed by atoms with Crippen molar-refractivity contribution in [3.05, 3.63) is 42.1 Å². The van der Waals surface area contributed by atoms with E-state index in [-0.39, 0.29) is 63.8 Å². The third-order valence-corrected chi connectivity index (χ3v) is 1.82. The molecular formula is C10H6NO2Rb. The molecule has 0 radical (unpaired) electrons. The smallest absolute Gasteiger partial charge is 0.487 e. The van der Waals surface area contributed by atoms with E-state index in [0.717, 1.165) is 0 Å². The molecule has 3 nitrogen and oxygen atoms in total. The average Bonchev–Trinajstić information content (AvgIpc) is 2.17. The van der Waals surface area contributed by atoms with Gasteiger partial charge in [-0.15, -0.1) is 6.07 Å². The van der Waals surface area contributed by atoms with Crippen LogP contribution < -0.4 is 58.2 Å². The molecule has 0 saturated heterocycles. The number of hydrogen-bond acceptors (Lipinski definition) is 2. The first-order valence-corrected chi connectivity index (χ1v) is 3.78. The van der Waals surface area contributed by atoms with Crippen LogP contribution in [0.3, 0.4) is 0 Å². The molecule has 4 heteroatoms. The molecule has 2 aromatic rings. The Labute approximate surface area is 130 Å². The third kappa shape index (κ3) is 2.28. The fourth-order valence-corrected chi connectivity index (χ4v) is 1.22. The maximum atomic E-state index is 10.8. The van der Waals surface area contributed by atoms with Crippen molar-refractivity contribution < 1.29 is 68.1 Å². The first-order chi connectivity index (χ1) is 6.29. The van der Waals surface area contributed by atoms with Gasteiger partial charge in [0.15, 0.2) is 0 Å². The van der Waals surface area contributed by atoms with Crippen LogP contribution in [0.1, 0.15) is 10.4 Å². The van der Waals surface area contributed by atoms with Crippen molar-refractivity contribution >= 4 is 16.9 Å². The van der Waals surface area contributed by atoms with Gasteiger partial charge >= 0.3 is 58.2 Å². The van der Waals surface area contributed by atoms with Gasteiger partial charge in [0.25, 0.3) is 5.97 Å². The van der Waals surface area contributed by atoms with E-state index in [0.29, 0.717) is 10.9 Å². The quantitative estimate of drug-likeness (QED) is 0.649. The van der Waals surface area contributed by atoms with Gasteiger partial charge in [-0.2, -0.15) is 0 Å². The molecule has 0 amide bonds. The fraction of sp³-hybridized carbons (Fsp3) is 0. The standard InChI is InChI=1S/C10H6NO2.Rb/c12-10(13)8-5-6-11-9-4-2-1-3-7(8)9;/h1-5H,(H,12,13);/q-1;+1. The van der Waals surface area contributed by atoms with Crippen LogP contribution in [0.4, 0.5) is 0 Å². The van der Waals surface area contributed by atoms with E-state index in [1.807, 2.05) is 6.07 Å². The van der Waals surface area contributed by atoms with Crippen LogP contribution in [0.25, 0.3) is 10.9 Å². The molecule has 0 aliphatic rings.